The van der Waals surface area contributed by atoms with E-state index in [9.17, 15) is 4.79 Å². The van der Waals surface area contributed by atoms with Crippen LogP contribution < -0.4 is 14.8 Å². The molecule has 0 radical (unpaired) electrons. The first kappa shape index (κ1) is 19.7. The Bertz CT molecular complexity index is 1200. The molecule has 1 N–H and O–H groups in total. The van der Waals surface area contributed by atoms with Gasteiger partial charge in [-0.15, -0.1) is 10.2 Å². The lowest BCUT2D eigenvalue weighted by molar-refractivity contribution is 0.0951. The van der Waals surface area contributed by atoms with Gasteiger partial charge in [-0.3, -0.25) is 9.20 Å². The molecule has 2 heterocycles. The maximum absolute atomic E-state index is 12.6. The molecular formula is C22H19ClN4O3. The van der Waals surface area contributed by atoms with E-state index in [2.05, 4.69) is 15.5 Å². The number of ether oxygens (including phenoxy) is 2. The molecular weight excluding hydrogens is 404 g/mol. The first-order valence-corrected chi connectivity index (χ1v) is 9.56. The van der Waals surface area contributed by atoms with E-state index >= 15 is 0 Å². The predicted octanol–water partition coefficient (Wildman–Crippen LogP) is 4.00. The van der Waals surface area contributed by atoms with Crippen molar-refractivity contribution in [2.24, 2.45) is 0 Å². The summed E-state index contributed by atoms with van der Waals surface area (Å²) in [5.41, 5.74) is 2.77. The van der Waals surface area contributed by atoms with Crippen LogP contribution in [0.4, 0.5) is 0 Å². The Balaban J connectivity index is 1.53. The van der Waals surface area contributed by atoms with Gasteiger partial charge < -0.3 is 14.8 Å². The summed E-state index contributed by atoms with van der Waals surface area (Å²) in [5, 5.41) is 11.9. The topological polar surface area (TPSA) is 77.8 Å². The molecule has 4 aromatic rings. The molecule has 0 saturated carbocycles. The third-order valence-electron chi connectivity index (χ3n) is 4.62. The van der Waals surface area contributed by atoms with Crippen molar-refractivity contribution in [1.82, 2.24) is 19.9 Å². The number of rotatable bonds is 6. The van der Waals surface area contributed by atoms with Gasteiger partial charge in [0.05, 0.1) is 14.2 Å². The second-order valence-corrected chi connectivity index (χ2v) is 7.02. The average molecular weight is 423 g/mol. The molecule has 0 fully saturated rings. The summed E-state index contributed by atoms with van der Waals surface area (Å²) in [6.45, 7) is 0.331. The van der Waals surface area contributed by atoms with Gasteiger partial charge in [0, 0.05) is 35.0 Å². The molecule has 0 saturated heterocycles. The van der Waals surface area contributed by atoms with E-state index in [0.29, 0.717) is 40.1 Å². The summed E-state index contributed by atoms with van der Waals surface area (Å²) in [7, 11) is 3.17. The van der Waals surface area contributed by atoms with Crippen LogP contribution in [0.15, 0.2) is 60.8 Å². The molecule has 0 bridgehead atoms. The largest absolute Gasteiger partial charge is 0.497 e. The van der Waals surface area contributed by atoms with E-state index in [1.165, 1.54) is 0 Å². The van der Waals surface area contributed by atoms with Crippen LogP contribution in [0.1, 0.15) is 15.9 Å². The summed E-state index contributed by atoms with van der Waals surface area (Å²) in [4.78, 5) is 12.6. The number of carbonyl (C=O) groups excluding carboxylic acids is 1. The van der Waals surface area contributed by atoms with E-state index in [1.807, 2.05) is 34.7 Å². The highest BCUT2D eigenvalue weighted by molar-refractivity contribution is 6.30. The van der Waals surface area contributed by atoms with Crippen LogP contribution >= 0.6 is 11.6 Å². The second-order valence-electron chi connectivity index (χ2n) is 6.58. The van der Waals surface area contributed by atoms with E-state index < -0.39 is 0 Å². The quantitative estimate of drug-likeness (QED) is 0.508. The average Bonchev–Trinajstić information content (AvgIpc) is 3.20. The van der Waals surface area contributed by atoms with Crippen LogP contribution in [-0.2, 0) is 6.54 Å². The molecule has 0 spiro atoms. The Morgan fingerprint density at radius 1 is 1.03 bits per heavy atom. The van der Waals surface area contributed by atoms with Crippen LogP contribution in [0.25, 0.3) is 17.0 Å². The molecule has 2 aromatic carbocycles. The highest BCUT2D eigenvalue weighted by Gasteiger charge is 2.12. The van der Waals surface area contributed by atoms with E-state index in [1.54, 1.807) is 44.7 Å². The van der Waals surface area contributed by atoms with Gasteiger partial charge in [-0.25, -0.2) is 0 Å². The zero-order valence-corrected chi connectivity index (χ0v) is 17.2. The van der Waals surface area contributed by atoms with Crippen molar-refractivity contribution in [3.63, 3.8) is 0 Å². The Hall–Kier alpha value is -3.58. The molecule has 152 valence electrons. The van der Waals surface area contributed by atoms with Crippen LogP contribution in [0.3, 0.4) is 0 Å². The standard InChI is InChI=1S/C22H19ClN4O3/c1-29-18-8-14(9-19(12-18)30-2)13-24-22(28)16-6-7-27-20(11-16)25-26-21(27)15-4-3-5-17(23)10-15/h3-12H,13H2,1-2H3,(H,24,28). The van der Waals surface area contributed by atoms with Crippen molar-refractivity contribution in [3.8, 4) is 22.9 Å². The van der Waals surface area contributed by atoms with Gasteiger partial charge in [0.15, 0.2) is 11.5 Å². The first-order chi connectivity index (χ1) is 14.6. The fourth-order valence-electron chi connectivity index (χ4n) is 3.11. The molecule has 0 aliphatic carbocycles. The normalized spacial score (nSPS) is 10.8. The minimum absolute atomic E-state index is 0.216. The maximum atomic E-state index is 12.6. The predicted molar refractivity (Wildman–Crippen MR) is 114 cm³/mol. The van der Waals surface area contributed by atoms with Crippen molar-refractivity contribution < 1.29 is 14.3 Å². The number of fused-ring (bicyclic) bond motifs is 1. The number of halogens is 1. The number of amides is 1. The highest BCUT2D eigenvalue weighted by Crippen LogP contribution is 2.23. The molecule has 8 heteroatoms. The molecule has 1 amide bonds. The molecule has 30 heavy (non-hydrogen) atoms. The lowest BCUT2D eigenvalue weighted by Crippen LogP contribution is -2.23. The Morgan fingerprint density at radius 3 is 2.50 bits per heavy atom. The number of aromatic nitrogens is 3. The molecule has 0 aliphatic rings. The number of pyridine rings is 1. The summed E-state index contributed by atoms with van der Waals surface area (Å²) in [5.74, 6) is 1.77. The van der Waals surface area contributed by atoms with Gasteiger partial charge in [0.1, 0.15) is 11.5 Å². The summed E-state index contributed by atoms with van der Waals surface area (Å²) in [6.07, 6.45) is 1.77. The van der Waals surface area contributed by atoms with Crippen LogP contribution in [0, 0.1) is 0 Å². The van der Waals surface area contributed by atoms with Gasteiger partial charge in [-0.1, -0.05) is 23.7 Å². The maximum Gasteiger partial charge on any atom is 0.251 e. The molecule has 2 aromatic heterocycles. The third kappa shape index (κ3) is 4.06. The number of hydrogen-bond acceptors (Lipinski definition) is 5. The fourth-order valence-corrected chi connectivity index (χ4v) is 3.30. The molecule has 4 rings (SSSR count). The van der Waals surface area contributed by atoms with E-state index in [-0.39, 0.29) is 5.91 Å². The smallest absolute Gasteiger partial charge is 0.251 e. The highest BCUT2D eigenvalue weighted by atomic mass is 35.5. The molecule has 0 unspecified atom stereocenters. The zero-order chi connectivity index (χ0) is 21.1. The van der Waals surface area contributed by atoms with Crippen LogP contribution in [0.5, 0.6) is 11.5 Å². The lowest BCUT2D eigenvalue weighted by atomic mass is 10.2. The second kappa shape index (κ2) is 8.42. The first-order valence-electron chi connectivity index (χ1n) is 9.18. The summed E-state index contributed by atoms with van der Waals surface area (Å²) in [6, 6.07) is 16.3. The molecule has 0 aliphatic heterocycles. The summed E-state index contributed by atoms with van der Waals surface area (Å²) < 4.78 is 12.3. The van der Waals surface area contributed by atoms with Gasteiger partial charge >= 0.3 is 0 Å². The molecule has 7 nitrogen and oxygen atoms in total. The Morgan fingerprint density at radius 2 is 1.80 bits per heavy atom. The number of benzene rings is 2. The Kier molecular flexibility index (Phi) is 5.54. The van der Waals surface area contributed by atoms with Gasteiger partial charge in [0.25, 0.3) is 5.91 Å². The number of methoxy groups -OCH3 is 2. The molecule has 0 atom stereocenters. The van der Waals surface area contributed by atoms with E-state index in [0.717, 1.165) is 11.1 Å². The van der Waals surface area contributed by atoms with Crippen LogP contribution in [0.2, 0.25) is 5.02 Å². The number of hydrogen-bond donors (Lipinski definition) is 1. The van der Waals surface area contributed by atoms with Crippen molar-refractivity contribution in [2.75, 3.05) is 14.2 Å². The van der Waals surface area contributed by atoms with Crippen molar-refractivity contribution in [2.45, 2.75) is 6.54 Å². The van der Waals surface area contributed by atoms with Gasteiger partial charge in [-0.05, 0) is 42.0 Å². The van der Waals surface area contributed by atoms with Crippen molar-refractivity contribution in [1.29, 1.82) is 0 Å². The Labute approximate surface area is 178 Å². The summed E-state index contributed by atoms with van der Waals surface area (Å²) >= 11 is 6.08. The van der Waals surface area contributed by atoms with Gasteiger partial charge in [-0.2, -0.15) is 0 Å². The minimum atomic E-state index is -0.216. The van der Waals surface area contributed by atoms with Crippen molar-refractivity contribution in [3.05, 3.63) is 76.9 Å². The van der Waals surface area contributed by atoms with Crippen molar-refractivity contribution >= 4 is 23.2 Å². The van der Waals surface area contributed by atoms with Crippen LogP contribution in [-0.4, -0.2) is 34.7 Å². The van der Waals surface area contributed by atoms with E-state index in [4.69, 9.17) is 21.1 Å². The zero-order valence-electron chi connectivity index (χ0n) is 16.4. The van der Waals surface area contributed by atoms with Gasteiger partial charge in [0.2, 0.25) is 0 Å². The number of nitrogens with one attached hydrogen (secondary N) is 1. The monoisotopic (exact) mass is 422 g/mol. The lowest BCUT2D eigenvalue weighted by Gasteiger charge is -2.10. The number of carbonyl (C=O) groups is 1. The SMILES string of the molecule is COc1cc(CNC(=O)c2ccn3c(-c4cccc(Cl)c4)nnc3c2)cc(OC)c1. The number of nitrogens with zero attached hydrogens (tertiary/aromatic N) is 3. The third-order valence-corrected chi connectivity index (χ3v) is 4.85. The fraction of sp³-hybridized carbons (Fsp3) is 0.136. The minimum Gasteiger partial charge on any atom is -0.497 e.